The van der Waals surface area contributed by atoms with Gasteiger partial charge in [-0.1, -0.05) is 13.8 Å². The highest BCUT2D eigenvalue weighted by Crippen LogP contribution is 2.37. The molecule has 1 aliphatic rings. The van der Waals surface area contributed by atoms with Gasteiger partial charge in [0.05, 0.1) is 5.56 Å². The maximum absolute atomic E-state index is 12.2. The van der Waals surface area contributed by atoms with Crippen molar-refractivity contribution in [3.05, 3.63) is 16.0 Å². The minimum Gasteiger partial charge on any atom is -0.454 e. The van der Waals surface area contributed by atoms with Crippen molar-refractivity contribution in [3.8, 4) is 0 Å². The van der Waals surface area contributed by atoms with E-state index in [1.54, 1.807) is 13.8 Å². The zero-order valence-corrected chi connectivity index (χ0v) is 16.1. The lowest BCUT2D eigenvalue weighted by Gasteiger charge is -2.19. The first-order valence-corrected chi connectivity index (χ1v) is 9.49. The molecule has 1 atom stereocenters. The van der Waals surface area contributed by atoms with Crippen molar-refractivity contribution in [1.29, 1.82) is 0 Å². The van der Waals surface area contributed by atoms with Gasteiger partial charge in [-0.15, -0.1) is 11.3 Å². The Balaban J connectivity index is 2.02. The molecule has 1 aromatic heterocycles. The number of nitrogens with two attached hydrogens (primary N) is 2. The van der Waals surface area contributed by atoms with Gasteiger partial charge in [0.1, 0.15) is 11.0 Å². The van der Waals surface area contributed by atoms with Gasteiger partial charge >= 0.3 is 12.0 Å². The number of fused-ring (bicyclic) bond motifs is 1. The van der Waals surface area contributed by atoms with Crippen LogP contribution in [0.25, 0.3) is 0 Å². The Morgan fingerprint density at radius 1 is 1.15 bits per heavy atom. The van der Waals surface area contributed by atoms with Gasteiger partial charge in [0.2, 0.25) is 0 Å². The summed E-state index contributed by atoms with van der Waals surface area (Å²) in [5, 5.41) is 5.27. The number of esters is 1. The van der Waals surface area contributed by atoms with Crippen LogP contribution in [0.2, 0.25) is 0 Å². The predicted octanol–water partition coefficient (Wildman–Crippen LogP) is 0.900. The molecule has 6 N–H and O–H groups in total. The third-order valence-corrected chi connectivity index (χ3v) is 5.44. The monoisotopic (exact) mass is 396 g/mol. The lowest BCUT2D eigenvalue weighted by molar-refractivity contribution is -0.150. The van der Waals surface area contributed by atoms with E-state index in [0.29, 0.717) is 10.6 Å². The van der Waals surface area contributed by atoms with E-state index in [2.05, 4.69) is 10.6 Å². The fourth-order valence-electron chi connectivity index (χ4n) is 2.95. The van der Waals surface area contributed by atoms with E-state index in [1.165, 1.54) is 11.3 Å². The number of nitrogens with one attached hydrogen (secondary N) is 2. The second-order valence-corrected chi connectivity index (χ2v) is 7.77. The molecule has 1 heterocycles. The molecule has 0 saturated heterocycles. The van der Waals surface area contributed by atoms with Gasteiger partial charge in [-0.3, -0.25) is 9.59 Å². The standard InChI is InChI=1S/C17H24N4O5S/c1-8(2)13(21-17(19)25)16(24)26-7-11(22)20-15-12(14(18)23)9-5-3-4-6-10(9)27-15/h8,13H,3-7H2,1-2H3,(H2,18,23)(H,20,22)(H3,19,21,25)/t13-/m0/s1. The number of anilines is 1. The molecule has 4 amide bonds. The van der Waals surface area contributed by atoms with Crippen LogP contribution in [0.1, 0.15) is 47.5 Å². The predicted molar refractivity (Wildman–Crippen MR) is 100 cm³/mol. The number of hydrogen-bond acceptors (Lipinski definition) is 6. The van der Waals surface area contributed by atoms with Crippen molar-refractivity contribution in [3.63, 3.8) is 0 Å². The molecular formula is C17H24N4O5S. The molecule has 0 bridgehead atoms. The average Bonchev–Trinajstić information content (AvgIpc) is 2.95. The van der Waals surface area contributed by atoms with Crippen LogP contribution in [0, 0.1) is 5.92 Å². The molecule has 0 saturated carbocycles. The van der Waals surface area contributed by atoms with E-state index in [9.17, 15) is 19.2 Å². The number of ether oxygens (including phenoxy) is 1. The highest BCUT2D eigenvalue weighted by atomic mass is 32.1. The summed E-state index contributed by atoms with van der Waals surface area (Å²) in [6, 6.07) is -1.81. The summed E-state index contributed by atoms with van der Waals surface area (Å²) in [4.78, 5) is 48.1. The molecule has 9 nitrogen and oxygen atoms in total. The van der Waals surface area contributed by atoms with Crippen molar-refractivity contribution in [2.75, 3.05) is 11.9 Å². The average molecular weight is 396 g/mol. The highest BCUT2D eigenvalue weighted by molar-refractivity contribution is 7.17. The second-order valence-electron chi connectivity index (χ2n) is 6.67. The Morgan fingerprint density at radius 3 is 2.41 bits per heavy atom. The van der Waals surface area contributed by atoms with E-state index in [0.717, 1.165) is 36.1 Å². The second kappa shape index (κ2) is 8.85. The van der Waals surface area contributed by atoms with Gasteiger partial charge in [-0.05, 0) is 37.2 Å². The number of carbonyl (C=O) groups is 4. The maximum atomic E-state index is 12.2. The largest absolute Gasteiger partial charge is 0.454 e. The number of primary amides is 2. The highest BCUT2D eigenvalue weighted by Gasteiger charge is 2.27. The molecule has 0 unspecified atom stereocenters. The Bertz CT molecular complexity index is 759. The molecule has 1 aromatic rings. The van der Waals surface area contributed by atoms with E-state index in [4.69, 9.17) is 16.2 Å². The number of hydrogen-bond donors (Lipinski definition) is 4. The molecule has 1 aliphatic carbocycles. The fraction of sp³-hybridized carbons (Fsp3) is 0.529. The molecule has 10 heteroatoms. The first kappa shape index (κ1) is 20.7. The molecule has 0 radical (unpaired) electrons. The summed E-state index contributed by atoms with van der Waals surface area (Å²) in [6.07, 6.45) is 3.60. The summed E-state index contributed by atoms with van der Waals surface area (Å²) >= 11 is 1.33. The van der Waals surface area contributed by atoms with Gasteiger partial charge in [-0.25, -0.2) is 9.59 Å². The Kier molecular flexibility index (Phi) is 6.78. The summed E-state index contributed by atoms with van der Waals surface area (Å²) in [5.41, 5.74) is 11.8. The fourth-order valence-corrected chi connectivity index (χ4v) is 4.27. The van der Waals surface area contributed by atoms with Gasteiger partial charge in [-0.2, -0.15) is 0 Å². The minimum absolute atomic E-state index is 0.265. The van der Waals surface area contributed by atoms with Crippen LogP contribution in [-0.2, 0) is 27.2 Å². The zero-order valence-electron chi connectivity index (χ0n) is 15.3. The number of urea groups is 1. The summed E-state index contributed by atoms with van der Waals surface area (Å²) in [7, 11) is 0. The van der Waals surface area contributed by atoms with Gasteiger partial charge in [0.15, 0.2) is 6.61 Å². The van der Waals surface area contributed by atoms with E-state index >= 15 is 0 Å². The summed E-state index contributed by atoms with van der Waals surface area (Å²) < 4.78 is 4.97. The Labute approximate surface area is 160 Å². The molecule has 27 heavy (non-hydrogen) atoms. The van der Waals surface area contributed by atoms with Crippen molar-refractivity contribution in [2.24, 2.45) is 17.4 Å². The molecular weight excluding hydrogens is 372 g/mol. The van der Waals surface area contributed by atoms with Crippen molar-refractivity contribution in [1.82, 2.24) is 5.32 Å². The van der Waals surface area contributed by atoms with E-state index < -0.39 is 36.5 Å². The van der Waals surface area contributed by atoms with E-state index in [-0.39, 0.29) is 5.92 Å². The molecule has 0 spiro atoms. The molecule has 148 valence electrons. The van der Waals surface area contributed by atoms with Crippen LogP contribution in [0.4, 0.5) is 9.80 Å². The van der Waals surface area contributed by atoms with Crippen molar-refractivity contribution in [2.45, 2.75) is 45.6 Å². The van der Waals surface area contributed by atoms with Crippen LogP contribution >= 0.6 is 11.3 Å². The summed E-state index contributed by atoms with van der Waals surface area (Å²) in [5.74, 6) is -2.21. The Morgan fingerprint density at radius 2 is 1.81 bits per heavy atom. The number of carbonyl (C=O) groups excluding carboxylic acids is 4. The van der Waals surface area contributed by atoms with Crippen molar-refractivity contribution < 1.29 is 23.9 Å². The molecule has 0 fully saturated rings. The van der Waals surface area contributed by atoms with Crippen LogP contribution in [0.3, 0.4) is 0 Å². The number of amides is 4. The SMILES string of the molecule is CC(C)[C@H](NC(N)=O)C(=O)OCC(=O)Nc1sc2c(c1C(N)=O)CCCC2. The zero-order chi connectivity index (χ0) is 20.1. The van der Waals surface area contributed by atoms with Gasteiger partial charge < -0.3 is 26.8 Å². The number of rotatable bonds is 7. The van der Waals surface area contributed by atoms with Crippen LogP contribution < -0.4 is 22.1 Å². The normalized spacial score (nSPS) is 14.2. The number of aryl methyl sites for hydroxylation is 1. The maximum Gasteiger partial charge on any atom is 0.329 e. The third-order valence-electron chi connectivity index (χ3n) is 4.23. The van der Waals surface area contributed by atoms with E-state index in [1.807, 2.05) is 0 Å². The van der Waals surface area contributed by atoms with Crippen LogP contribution in [-0.4, -0.2) is 36.5 Å². The smallest absolute Gasteiger partial charge is 0.329 e. The molecule has 0 aromatic carbocycles. The molecule has 0 aliphatic heterocycles. The van der Waals surface area contributed by atoms with Crippen LogP contribution in [0.15, 0.2) is 0 Å². The lowest BCUT2D eigenvalue weighted by Crippen LogP contribution is -2.48. The first-order valence-electron chi connectivity index (χ1n) is 8.67. The quantitative estimate of drug-likeness (QED) is 0.504. The summed E-state index contributed by atoms with van der Waals surface area (Å²) in [6.45, 7) is 2.86. The third kappa shape index (κ3) is 5.19. The van der Waals surface area contributed by atoms with Crippen LogP contribution in [0.5, 0.6) is 0 Å². The Hall–Kier alpha value is -2.62. The topological polar surface area (TPSA) is 154 Å². The number of thiophene rings is 1. The minimum atomic E-state index is -0.953. The first-order chi connectivity index (χ1) is 12.7. The van der Waals surface area contributed by atoms with Gasteiger partial charge in [0.25, 0.3) is 11.8 Å². The van der Waals surface area contributed by atoms with Crippen molar-refractivity contribution >= 4 is 40.2 Å². The lowest BCUT2D eigenvalue weighted by atomic mass is 9.95. The van der Waals surface area contributed by atoms with Gasteiger partial charge in [0, 0.05) is 4.88 Å². The molecule has 2 rings (SSSR count).